The molecule has 4 aromatic carbocycles. The highest BCUT2D eigenvalue weighted by molar-refractivity contribution is 9.10. The summed E-state index contributed by atoms with van der Waals surface area (Å²) in [5.74, 6) is 0. The van der Waals surface area contributed by atoms with E-state index in [0.717, 1.165) is 4.47 Å². The van der Waals surface area contributed by atoms with Gasteiger partial charge in [-0.15, -0.1) is 0 Å². The maximum atomic E-state index is 3.77. The second kappa shape index (κ2) is 8.20. The van der Waals surface area contributed by atoms with Crippen molar-refractivity contribution < 1.29 is 0 Å². The first-order valence-corrected chi connectivity index (χ1v) is 9.79. The van der Waals surface area contributed by atoms with Gasteiger partial charge in [-0.05, 0) is 39.5 Å². The zero-order valence-corrected chi connectivity index (χ0v) is 16.4. The molecular weight excluding hydrogens is 392 g/mol. The Balaban J connectivity index is 2.12. The molecule has 0 saturated heterocycles. The van der Waals surface area contributed by atoms with E-state index in [0.29, 0.717) is 0 Å². The monoisotopic (exact) mass is 410 g/mol. The zero-order valence-electron chi connectivity index (χ0n) is 14.8. The summed E-state index contributed by atoms with van der Waals surface area (Å²) in [7, 11) is 0. The fraction of sp³-hybridized carbons (Fsp3) is 0. The standard InChI is InChI=1S/C26H19Br/c27-24-19-11-10-18-23(24)26(22-16-8-3-9-17-22)25(20-12-4-1-5-13-20)21-14-6-2-7-15-21/h1-19H. The molecule has 0 aromatic heterocycles. The molecule has 0 bridgehead atoms. The first kappa shape index (κ1) is 17.5. The Bertz CT molecular complexity index is 1010. The van der Waals surface area contributed by atoms with Crippen LogP contribution in [0.4, 0.5) is 0 Å². The van der Waals surface area contributed by atoms with Crippen molar-refractivity contribution in [3.8, 4) is 0 Å². The first-order chi connectivity index (χ1) is 13.3. The lowest BCUT2D eigenvalue weighted by Crippen LogP contribution is -1.98. The van der Waals surface area contributed by atoms with Gasteiger partial charge in [0.15, 0.2) is 0 Å². The van der Waals surface area contributed by atoms with Crippen LogP contribution in [0.25, 0.3) is 11.1 Å². The molecule has 0 aliphatic heterocycles. The van der Waals surface area contributed by atoms with E-state index in [2.05, 4.69) is 131 Å². The van der Waals surface area contributed by atoms with Crippen LogP contribution in [0.15, 0.2) is 120 Å². The molecular formula is C26H19Br. The fourth-order valence-corrected chi connectivity index (χ4v) is 3.85. The van der Waals surface area contributed by atoms with Crippen molar-refractivity contribution in [3.05, 3.63) is 142 Å². The van der Waals surface area contributed by atoms with E-state index in [1.807, 2.05) is 0 Å². The lowest BCUT2D eigenvalue weighted by Gasteiger charge is -2.19. The molecule has 4 rings (SSSR count). The van der Waals surface area contributed by atoms with Crippen LogP contribution < -0.4 is 0 Å². The van der Waals surface area contributed by atoms with Gasteiger partial charge in [-0.2, -0.15) is 0 Å². The topological polar surface area (TPSA) is 0 Å². The van der Waals surface area contributed by atoms with Crippen molar-refractivity contribution in [1.29, 1.82) is 0 Å². The molecule has 0 radical (unpaired) electrons. The van der Waals surface area contributed by atoms with Gasteiger partial charge in [0.05, 0.1) is 0 Å². The molecule has 0 fully saturated rings. The third-order valence-electron chi connectivity index (χ3n) is 4.58. The third kappa shape index (κ3) is 3.79. The molecule has 0 aliphatic carbocycles. The molecule has 0 atom stereocenters. The first-order valence-electron chi connectivity index (χ1n) is 9.00. The maximum Gasteiger partial charge on any atom is 0.0254 e. The minimum atomic E-state index is 1.09. The Morgan fingerprint density at radius 2 is 0.778 bits per heavy atom. The van der Waals surface area contributed by atoms with E-state index in [9.17, 15) is 0 Å². The lowest BCUT2D eigenvalue weighted by atomic mass is 9.86. The molecule has 4 aromatic rings. The van der Waals surface area contributed by atoms with E-state index in [1.165, 1.54) is 33.4 Å². The van der Waals surface area contributed by atoms with Gasteiger partial charge in [-0.25, -0.2) is 0 Å². The molecule has 0 N–H and O–H groups in total. The van der Waals surface area contributed by atoms with Gasteiger partial charge in [-0.1, -0.05) is 125 Å². The summed E-state index contributed by atoms with van der Waals surface area (Å²) in [5.41, 5.74) is 7.25. The molecule has 0 nitrogen and oxygen atoms in total. The van der Waals surface area contributed by atoms with Gasteiger partial charge in [0.25, 0.3) is 0 Å². The Morgan fingerprint density at radius 1 is 0.407 bits per heavy atom. The number of benzene rings is 4. The van der Waals surface area contributed by atoms with E-state index in [-0.39, 0.29) is 0 Å². The molecule has 0 aliphatic rings. The van der Waals surface area contributed by atoms with Crippen molar-refractivity contribution in [1.82, 2.24) is 0 Å². The predicted molar refractivity (Wildman–Crippen MR) is 118 cm³/mol. The van der Waals surface area contributed by atoms with Crippen LogP contribution in [0.2, 0.25) is 0 Å². The van der Waals surface area contributed by atoms with Gasteiger partial charge in [-0.3, -0.25) is 0 Å². The molecule has 0 spiro atoms. The van der Waals surface area contributed by atoms with E-state index < -0.39 is 0 Å². The van der Waals surface area contributed by atoms with Crippen molar-refractivity contribution in [2.24, 2.45) is 0 Å². The summed E-state index contributed by atoms with van der Waals surface area (Å²) >= 11 is 3.77. The summed E-state index contributed by atoms with van der Waals surface area (Å²) in [4.78, 5) is 0. The summed E-state index contributed by atoms with van der Waals surface area (Å²) < 4.78 is 1.09. The van der Waals surface area contributed by atoms with Crippen LogP contribution >= 0.6 is 15.9 Å². The summed E-state index contributed by atoms with van der Waals surface area (Å²) in [6.07, 6.45) is 0. The highest BCUT2D eigenvalue weighted by Gasteiger charge is 2.17. The quantitative estimate of drug-likeness (QED) is 0.306. The second-order valence-corrected chi connectivity index (χ2v) is 7.18. The van der Waals surface area contributed by atoms with Crippen LogP contribution in [0, 0.1) is 0 Å². The highest BCUT2D eigenvalue weighted by atomic mass is 79.9. The van der Waals surface area contributed by atoms with Crippen molar-refractivity contribution in [2.45, 2.75) is 0 Å². The van der Waals surface area contributed by atoms with Crippen LogP contribution in [-0.2, 0) is 0 Å². The smallest absolute Gasteiger partial charge is 0.0254 e. The molecule has 27 heavy (non-hydrogen) atoms. The van der Waals surface area contributed by atoms with Gasteiger partial charge < -0.3 is 0 Å². The summed E-state index contributed by atoms with van der Waals surface area (Å²) in [6.45, 7) is 0. The van der Waals surface area contributed by atoms with Crippen LogP contribution in [-0.4, -0.2) is 0 Å². The minimum absolute atomic E-state index is 1.09. The van der Waals surface area contributed by atoms with Crippen LogP contribution in [0.3, 0.4) is 0 Å². The SMILES string of the molecule is Brc1ccccc1C(=C(c1ccccc1)c1ccccc1)c1ccccc1. The van der Waals surface area contributed by atoms with Crippen molar-refractivity contribution >= 4 is 27.1 Å². The average Bonchev–Trinajstić information content (AvgIpc) is 2.74. The number of hydrogen-bond acceptors (Lipinski definition) is 0. The molecule has 0 heterocycles. The molecule has 0 amide bonds. The fourth-order valence-electron chi connectivity index (χ4n) is 3.37. The zero-order chi connectivity index (χ0) is 18.5. The maximum absolute atomic E-state index is 3.77. The average molecular weight is 411 g/mol. The Hall–Kier alpha value is -2.90. The Morgan fingerprint density at radius 3 is 1.22 bits per heavy atom. The van der Waals surface area contributed by atoms with Crippen molar-refractivity contribution in [2.75, 3.05) is 0 Å². The summed E-state index contributed by atoms with van der Waals surface area (Å²) in [6, 6.07) is 40.3. The molecule has 1 heteroatoms. The second-order valence-electron chi connectivity index (χ2n) is 6.33. The van der Waals surface area contributed by atoms with Crippen LogP contribution in [0.1, 0.15) is 22.3 Å². The predicted octanol–water partition coefficient (Wildman–Crippen LogP) is 7.46. The number of rotatable bonds is 4. The van der Waals surface area contributed by atoms with Gasteiger partial charge >= 0.3 is 0 Å². The van der Waals surface area contributed by atoms with Crippen molar-refractivity contribution in [3.63, 3.8) is 0 Å². The van der Waals surface area contributed by atoms with E-state index >= 15 is 0 Å². The normalized spacial score (nSPS) is 10.4. The third-order valence-corrected chi connectivity index (χ3v) is 5.27. The van der Waals surface area contributed by atoms with Crippen LogP contribution in [0.5, 0.6) is 0 Å². The number of halogens is 1. The van der Waals surface area contributed by atoms with E-state index in [1.54, 1.807) is 0 Å². The highest BCUT2D eigenvalue weighted by Crippen LogP contribution is 2.39. The minimum Gasteiger partial charge on any atom is -0.0622 e. The molecule has 130 valence electrons. The Labute approximate surface area is 169 Å². The Kier molecular flexibility index (Phi) is 5.32. The molecule has 0 saturated carbocycles. The number of hydrogen-bond donors (Lipinski definition) is 0. The van der Waals surface area contributed by atoms with Gasteiger partial charge in [0.2, 0.25) is 0 Å². The lowest BCUT2D eigenvalue weighted by molar-refractivity contribution is 1.48. The summed E-state index contributed by atoms with van der Waals surface area (Å²) in [5, 5.41) is 0. The molecule has 0 unspecified atom stereocenters. The van der Waals surface area contributed by atoms with E-state index in [4.69, 9.17) is 0 Å². The largest absolute Gasteiger partial charge is 0.0622 e. The van der Waals surface area contributed by atoms with Gasteiger partial charge in [0, 0.05) is 4.47 Å². The van der Waals surface area contributed by atoms with Gasteiger partial charge in [0.1, 0.15) is 0 Å².